The van der Waals surface area contributed by atoms with Gasteiger partial charge in [-0.05, 0) is 67.1 Å². The van der Waals surface area contributed by atoms with E-state index in [1.54, 1.807) is 35.3 Å². The third-order valence-corrected chi connectivity index (χ3v) is 5.19. The maximum absolute atomic E-state index is 13.4. The number of aromatic nitrogens is 5. The van der Waals surface area contributed by atoms with Crippen molar-refractivity contribution >= 4 is 22.6 Å². The van der Waals surface area contributed by atoms with Gasteiger partial charge in [0.1, 0.15) is 24.3 Å². The highest BCUT2D eigenvalue weighted by Crippen LogP contribution is 2.23. The molecule has 0 radical (unpaired) electrons. The van der Waals surface area contributed by atoms with E-state index in [9.17, 15) is 9.18 Å². The normalized spacial score (nSPS) is 11.1. The number of nitrogens with zero attached hydrogens (tertiary/aromatic N) is 5. The molecule has 0 atom stereocenters. The fourth-order valence-electron chi connectivity index (χ4n) is 3.65. The lowest BCUT2D eigenvalue weighted by atomic mass is 10.1. The molecule has 0 bridgehead atoms. The van der Waals surface area contributed by atoms with Gasteiger partial charge in [0.2, 0.25) is 0 Å². The number of fused-ring (bicyclic) bond motifs is 1. The number of hydrogen-bond acceptors (Lipinski definition) is 4. The summed E-state index contributed by atoms with van der Waals surface area (Å²) in [6.07, 6.45) is 3.15. The zero-order valence-electron chi connectivity index (χ0n) is 17.2. The SMILES string of the molecule is Cc1nc2ccc(C(=O)Nc3ccc(Cn4cncn4)cc3)cc2n1-c1ccc(F)cc1. The first-order valence-corrected chi connectivity index (χ1v) is 10.0. The Hall–Kier alpha value is -4.33. The van der Waals surface area contributed by atoms with E-state index in [1.807, 2.05) is 41.8 Å². The van der Waals surface area contributed by atoms with Gasteiger partial charge in [-0.2, -0.15) is 5.10 Å². The first-order valence-electron chi connectivity index (χ1n) is 10.0. The summed E-state index contributed by atoms with van der Waals surface area (Å²) in [4.78, 5) is 21.4. The molecule has 158 valence electrons. The van der Waals surface area contributed by atoms with Crippen LogP contribution in [0.5, 0.6) is 0 Å². The summed E-state index contributed by atoms with van der Waals surface area (Å²) in [5.41, 5.74) is 4.58. The third kappa shape index (κ3) is 3.85. The maximum Gasteiger partial charge on any atom is 0.255 e. The van der Waals surface area contributed by atoms with Crippen molar-refractivity contribution < 1.29 is 9.18 Å². The highest BCUT2D eigenvalue weighted by molar-refractivity contribution is 6.06. The molecule has 0 fully saturated rings. The Balaban J connectivity index is 1.39. The third-order valence-electron chi connectivity index (χ3n) is 5.19. The fourth-order valence-corrected chi connectivity index (χ4v) is 3.65. The van der Waals surface area contributed by atoms with Crippen LogP contribution in [0.3, 0.4) is 0 Å². The van der Waals surface area contributed by atoms with Crippen LogP contribution in [-0.4, -0.2) is 30.2 Å². The van der Waals surface area contributed by atoms with Crippen LogP contribution in [0, 0.1) is 12.7 Å². The van der Waals surface area contributed by atoms with Crippen molar-refractivity contribution in [1.29, 1.82) is 0 Å². The number of nitrogens with one attached hydrogen (secondary N) is 1. The van der Waals surface area contributed by atoms with Crippen LogP contribution in [0.4, 0.5) is 10.1 Å². The molecule has 2 heterocycles. The highest BCUT2D eigenvalue weighted by atomic mass is 19.1. The molecule has 3 aromatic carbocycles. The van der Waals surface area contributed by atoms with Crippen LogP contribution in [-0.2, 0) is 6.54 Å². The van der Waals surface area contributed by atoms with E-state index in [0.29, 0.717) is 17.8 Å². The number of amides is 1. The number of rotatable bonds is 5. The van der Waals surface area contributed by atoms with Crippen molar-refractivity contribution in [2.45, 2.75) is 13.5 Å². The Morgan fingerprint density at radius 1 is 1.03 bits per heavy atom. The van der Waals surface area contributed by atoms with Crippen molar-refractivity contribution in [3.05, 3.63) is 102 Å². The molecule has 0 unspecified atom stereocenters. The summed E-state index contributed by atoms with van der Waals surface area (Å²) in [7, 11) is 0. The molecule has 0 aliphatic rings. The smallest absolute Gasteiger partial charge is 0.255 e. The van der Waals surface area contributed by atoms with E-state index < -0.39 is 0 Å². The number of anilines is 1. The number of aryl methyl sites for hydroxylation is 1. The van der Waals surface area contributed by atoms with Crippen molar-refractivity contribution in [2.24, 2.45) is 0 Å². The predicted octanol–water partition coefficient (Wildman–Crippen LogP) is 4.37. The number of halogens is 1. The average molecular weight is 426 g/mol. The summed E-state index contributed by atoms with van der Waals surface area (Å²) in [5, 5.41) is 7.02. The van der Waals surface area contributed by atoms with Gasteiger partial charge in [-0.25, -0.2) is 19.0 Å². The molecular weight excluding hydrogens is 407 g/mol. The molecule has 5 rings (SSSR count). The highest BCUT2D eigenvalue weighted by Gasteiger charge is 2.13. The second kappa shape index (κ2) is 8.07. The lowest BCUT2D eigenvalue weighted by Crippen LogP contribution is -2.12. The molecule has 0 saturated heterocycles. The van der Waals surface area contributed by atoms with Crippen LogP contribution in [0.1, 0.15) is 21.7 Å². The van der Waals surface area contributed by atoms with Crippen LogP contribution in [0.15, 0.2) is 79.4 Å². The van der Waals surface area contributed by atoms with E-state index in [0.717, 1.165) is 28.1 Å². The minimum absolute atomic E-state index is 0.222. The average Bonchev–Trinajstić information content (AvgIpc) is 3.42. The number of benzene rings is 3. The van der Waals surface area contributed by atoms with Gasteiger partial charge in [0.15, 0.2) is 0 Å². The van der Waals surface area contributed by atoms with Crippen molar-refractivity contribution in [1.82, 2.24) is 24.3 Å². The lowest BCUT2D eigenvalue weighted by Gasteiger charge is -2.09. The predicted molar refractivity (Wildman–Crippen MR) is 119 cm³/mol. The van der Waals surface area contributed by atoms with E-state index in [-0.39, 0.29) is 11.7 Å². The first-order chi connectivity index (χ1) is 15.6. The topological polar surface area (TPSA) is 77.6 Å². The minimum Gasteiger partial charge on any atom is -0.322 e. The second-order valence-corrected chi connectivity index (χ2v) is 7.42. The van der Waals surface area contributed by atoms with Crippen molar-refractivity contribution in [3.63, 3.8) is 0 Å². The van der Waals surface area contributed by atoms with Gasteiger partial charge in [0, 0.05) is 16.9 Å². The summed E-state index contributed by atoms with van der Waals surface area (Å²) in [5.74, 6) is 0.232. The van der Waals surface area contributed by atoms with Gasteiger partial charge in [-0.15, -0.1) is 0 Å². The summed E-state index contributed by atoms with van der Waals surface area (Å²) >= 11 is 0. The molecule has 7 nitrogen and oxygen atoms in total. The van der Waals surface area contributed by atoms with Crippen molar-refractivity contribution in [3.8, 4) is 5.69 Å². The molecule has 1 N–H and O–H groups in total. The van der Waals surface area contributed by atoms with Gasteiger partial charge >= 0.3 is 0 Å². The zero-order chi connectivity index (χ0) is 22.1. The quantitative estimate of drug-likeness (QED) is 0.453. The second-order valence-electron chi connectivity index (χ2n) is 7.42. The lowest BCUT2D eigenvalue weighted by molar-refractivity contribution is 0.102. The molecule has 2 aromatic heterocycles. The number of imidazole rings is 1. The molecule has 32 heavy (non-hydrogen) atoms. The molecular formula is C24H19FN6O. The Kier molecular flexibility index (Phi) is 4.95. The van der Waals surface area contributed by atoms with Crippen LogP contribution >= 0.6 is 0 Å². The molecule has 0 aliphatic heterocycles. The molecule has 1 amide bonds. The van der Waals surface area contributed by atoms with Crippen LogP contribution in [0.25, 0.3) is 16.7 Å². The molecule has 5 aromatic rings. The zero-order valence-corrected chi connectivity index (χ0v) is 17.2. The standard InChI is InChI=1S/C24H19FN6O/c1-16-28-22-11-4-18(12-23(22)31(16)21-9-5-19(25)6-10-21)24(32)29-20-7-2-17(3-8-20)13-30-15-26-14-27-30/h2-12,14-15H,13H2,1H3,(H,29,32). The summed E-state index contributed by atoms with van der Waals surface area (Å²) < 4.78 is 17.0. The van der Waals surface area contributed by atoms with Crippen LogP contribution < -0.4 is 5.32 Å². The van der Waals surface area contributed by atoms with Gasteiger partial charge in [-0.3, -0.25) is 9.36 Å². The molecule has 8 heteroatoms. The van der Waals surface area contributed by atoms with Crippen molar-refractivity contribution in [2.75, 3.05) is 5.32 Å². The first kappa shape index (κ1) is 19.6. The summed E-state index contributed by atoms with van der Waals surface area (Å²) in [6.45, 7) is 2.49. The largest absolute Gasteiger partial charge is 0.322 e. The van der Waals surface area contributed by atoms with E-state index in [4.69, 9.17) is 0 Å². The van der Waals surface area contributed by atoms with E-state index >= 15 is 0 Å². The Labute approximate surface area is 183 Å². The monoisotopic (exact) mass is 426 g/mol. The molecule has 0 spiro atoms. The fraction of sp³-hybridized carbons (Fsp3) is 0.0833. The maximum atomic E-state index is 13.4. The number of hydrogen-bond donors (Lipinski definition) is 1. The Morgan fingerprint density at radius 2 is 1.81 bits per heavy atom. The Morgan fingerprint density at radius 3 is 2.53 bits per heavy atom. The molecule has 0 saturated carbocycles. The van der Waals surface area contributed by atoms with E-state index in [1.165, 1.54) is 18.5 Å². The molecule has 0 aliphatic carbocycles. The summed E-state index contributed by atoms with van der Waals surface area (Å²) in [6, 6.07) is 19.2. The van der Waals surface area contributed by atoms with Gasteiger partial charge in [-0.1, -0.05) is 12.1 Å². The number of carbonyl (C=O) groups is 1. The minimum atomic E-state index is -0.303. The van der Waals surface area contributed by atoms with E-state index in [2.05, 4.69) is 20.4 Å². The van der Waals surface area contributed by atoms with Gasteiger partial charge in [0.25, 0.3) is 5.91 Å². The Bertz CT molecular complexity index is 1390. The van der Waals surface area contributed by atoms with Gasteiger partial charge in [0.05, 0.1) is 17.6 Å². The van der Waals surface area contributed by atoms with Crippen LogP contribution in [0.2, 0.25) is 0 Å². The van der Waals surface area contributed by atoms with Gasteiger partial charge < -0.3 is 5.32 Å². The number of carbonyl (C=O) groups excluding carboxylic acids is 1.